The Morgan fingerprint density at radius 1 is 1.05 bits per heavy atom. The van der Waals surface area contributed by atoms with Crippen molar-refractivity contribution < 1.29 is 9.59 Å². The van der Waals surface area contributed by atoms with E-state index in [-0.39, 0.29) is 34.4 Å². The number of likely N-dealkylation sites (tertiary alicyclic amines) is 2. The van der Waals surface area contributed by atoms with Crippen LogP contribution in [0.3, 0.4) is 0 Å². The number of aryl methyl sites for hydroxylation is 1. The summed E-state index contributed by atoms with van der Waals surface area (Å²) in [6, 6.07) is 10.3. The number of halogens is 1. The summed E-state index contributed by atoms with van der Waals surface area (Å²) >= 11 is 6.15. The molecule has 2 unspecified atom stereocenters. The fraction of sp³-hybridized carbons (Fsp3) is 0.552. The number of amides is 2. The zero-order valence-electron chi connectivity index (χ0n) is 21.8. The highest BCUT2D eigenvalue weighted by Gasteiger charge is 2.42. The summed E-state index contributed by atoms with van der Waals surface area (Å²) < 4.78 is 0. The molecule has 0 radical (unpaired) electrons. The quantitative estimate of drug-likeness (QED) is 0.571. The molecule has 2 aliphatic heterocycles. The van der Waals surface area contributed by atoms with E-state index in [0.29, 0.717) is 28.7 Å². The molecule has 3 fully saturated rings. The summed E-state index contributed by atoms with van der Waals surface area (Å²) in [7, 11) is 0. The van der Waals surface area contributed by atoms with Crippen LogP contribution in [0.4, 0.5) is 0 Å². The summed E-state index contributed by atoms with van der Waals surface area (Å²) in [5.41, 5.74) is 2.45. The van der Waals surface area contributed by atoms with Crippen LogP contribution < -0.4 is 10.9 Å². The first-order chi connectivity index (χ1) is 17.8. The molecular formula is C29H37ClN4O3. The van der Waals surface area contributed by atoms with Crippen LogP contribution in [-0.2, 0) is 4.79 Å². The smallest absolute Gasteiger partial charge is 0.267 e. The molecule has 37 heavy (non-hydrogen) atoms. The predicted molar refractivity (Wildman–Crippen MR) is 145 cm³/mol. The highest BCUT2D eigenvalue weighted by atomic mass is 35.5. The minimum absolute atomic E-state index is 0.0174. The van der Waals surface area contributed by atoms with Gasteiger partial charge < -0.3 is 20.1 Å². The largest absolute Gasteiger partial charge is 0.349 e. The van der Waals surface area contributed by atoms with Crippen molar-refractivity contribution in [3.05, 3.63) is 68.1 Å². The molecule has 3 heterocycles. The second-order valence-corrected chi connectivity index (χ2v) is 11.5. The Morgan fingerprint density at radius 2 is 1.70 bits per heavy atom. The normalized spacial score (nSPS) is 22.8. The molecule has 1 aromatic heterocycles. The number of aromatic amines is 1. The molecule has 8 heteroatoms. The highest BCUT2D eigenvalue weighted by Crippen LogP contribution is 2.34. The molecule has 2 aromatic rings. The van der Waals surface area contributed by atoms with E-state index in [1.54, 1.807) is 13.8 Å². The van der Waals surface area contributed by atoms with Crippen molar-refractivity contribution in [2.75, 3.05) is 32.7 Å². The molecular weight excluding hydrogens is 488 g/mol. The number of fused-ring (bicyclic) bond motifs is 1. The maximum atomic E-state index is 13.3. The summed E-state index contributed by atoms with van der Waals surface area (Å²) in [5.74, 6) is 1.18. The third kappa shape index (κ3) is 5.48. The van der Waals surface area contributed by atoms with Crippen LogP contribution in [-0.4, -0.2) is 59.3 Å². The Morgan fingerprint density at radius 3 is 2.35 bits per heavy atom. The van der Waals surface area contributed by atoms with E-state index < -0.39 is 0 Å². The number of benzene rings is 1. The number of pyridine rings is 1. The van der Waals surface area contributed by atoms with Gasteiger partial charge in [-0.15, -0.1) is 0 Å². The molecule has 2 N–H and O–H groups in total. The second-order valence-electron chi connectivity index (χ2n) is 11.1. The maximum absolute atomic E-state index is 13.3. The van der Waals surface area contributed by atoms with Crippen molar-refractivity contribution in [1.82, 2.24) is 20.1 Å². The van der Waals surface area contributed by atoms with Gasteiger partial charge in [0, 0.05) is 44.3 Å². The van der Waals surface area contributed by atoms with E-state index in [1.165, 1.54) is 0 Å². The van der Waals surface area contributed by atoms with Gasteiger partial charge in [-0.25, -0.2) is 0 Å². The second kappa shape index (κ2) is 11.0. The van der Waals surface area contributed by atoms with Gasteiger partial charge in [-0.3, -0.25) is 14.4 Å². The van der Waals surface area contributed by atoms with Gasteiger partial charge in [0.15, 0.2) is 0 Å². The van der Waals surface area contributed by atoms with Crippen LogP contribution in [0.25, 0.3) is 0 Å². The Bertz CT molecular complexity index is 1190. The number of H-pyrrole nitrogens is 1. The zero-order chi connectivity index (χ0) is 26.1. The fourth-order valence-electron chi connectivity index (χ4n) is 6.56. The number of hydrogen-bond donors (Lipinski definition) is 2. The van der Waals surface area contributed by atoms with Crippen LogP contribution in [0.15, 0.2) is 35.1 Å². The summed E-state index contributed by atoms with van der Waals surface area (Å²) in [4.78, 5) is 45.3. The number of hydrogen-bond acceptors (Lipinski definition) is 4. The topological polar surface area (TPSA) is 85.5 Å². The third-order valence-corrected chi connectivity index (χ3v) is 9.08. The Balaban J connectivity index is 1.18. The number of carbonyl (C=O) groups excluding carboxylic acids is 2. The molecule has 2 amide bonds. The number of nitrogens with one attached hydrogen (secondary N) is 2. The molecule has 0 spiro atoms. The van der Waals surface area contributed by atoms with Crippen molar-refractivity contribution in [3.63, 3.8) is 0 Å². The van der Waals surface area contributed by atoms with Gasteiger partial charge in [-0.1, -0.05) is 54.8 Å². The predicted octanol–water partition coefficient (Wildman–Crippen LogP) is 4.09. The molecule has 1 saturated carbocycles. The van der Waals surface area contributed by atoms with Crippen LogP contribution in [0, 0.1) is 31.6 Å². The SMILES string of the molecule is Cc1[nH]c(=O)c(Cl)c(C)c1C(=O)N1CC2CN(CCC(NC(=O)C3CCCC3)c3ccccc3)C[C@H]2C1. The van der Waals surface area contributed by atoms with Crippen LogP contribution in [0.2, 0.25) is 5.02 Å². The average Bonchev–Trinajstić information content (AvgIpc) is 3.63. The molecule has 1 aliphatic carbocycles. The lowest BCUT2D eigenvalue weighted by Gasteiger charge is -2.26. The summed E-state index contributed by atoms with van der Waals surface area (Å²) in [5, 5.41) is 3.44. The van der Waals surface area contributed by atoms with Gasteiger partial charge in [-0.2, -0.15) is 0 Å². The third-order valence-electron chi connectivity index (χ3n) is 8.62. The first kappa shape index (κ1) is 26.0. The van der Waals surface area contributed by atoms with Crippen LogP contribution >= 0.6 is 11.6 Å². The van der Waals surface area contributed by atoms with Crippen molar-refractivity contribution in [2.24, 2.45) is 17.8 Å². The Labute approximate surface area is 223 Å². The lowest BCUT2D eigenvalue weighted by molar-refractivity contribution is -0.125. The lowest BCUT2D eigenvalue weighted by Crippen LogP contribution is -2.37. The van der Waals surface area contributed by atoms with Gasteiger partial charge in [0.25, 0.3) is 11.5 Å². The molecule has 7 nitrogen and oxygen atoms in total. The van der Waals surface area contributed by atoms with Gasteiger partial charge in [-0.05, 0) is 56.1 Å². The molecule has 5 rings (SSSR count). The molecule has 3 atom stereocenters. The summed E-state index contributed by atoms with van der Waals surface area (Å²) in [6.07, 6.45) is 5.18. The van der Waals surface area contributed by atoms with E-state index in [4.69, 9.17) is 11.6 Å². The minimum atomic E-state index is -0.351. The summed E-state index contributed by atoms with van der Waals surface area (Å²) in [6.45, 7) is 7.76. The monoisotopic (exact) mass is 524 g/mol. The van der Waals surface area contributed by atoms with E-state index >= 15 is 0 Å². The zero-order valence-corrected chi connectivity index (χ0v) is 22.5. The molecule has 0 bridgehead atoms. The number of nitrogens with zero attached hydrogens (tertiary/aromatic N) is 2. The van der Waals surface area contributed by atoms with Gasteiger partial charge in [0.1, 0.15) is 5.02 Å². The average molecular weight is 525 g/mol. The van der Waals surface area contributed by atoms with Gasteiger partial charge >= 0.3 is 0 Å². The van der Waals surface area contributed by atoms with Crippen molar-refractivity contribution >= 4 is 23.4 Å². The minimum Gasteiger partial charge on any atom is -0.349 e. The molecule has 2 saturated heterocycles. The van der Waals surface area contributed by atoms with E-state index in [9.17, 15) is 14.4 Å². The van der Waals surface area contributed by atoms with E-state index in [1.807, 2.05) is 23.1 Å². The van der Waals surface area contributed by atoms with E-state index in [0.717, 1.165) is 70.4 Å². The highest BCUT2D eigenvalue weighted by molar-refractivity contribution is 6.31. The number of carbonyl (C=O) groups is 2. The molecule has 198 valence electrons. The first-order valence-corrected chi connectivity index (χ1v) is 14.0. The number of rotatable bonds is 7. The lowest BCUT2D eigenvalue weighted by atomic mass is 10.0. The van der Waals surface area contributed by atoms with Crippen LogP contribution in [0.5, 0.6) is 0 Å². The fourth-order valence-corrected chi connectivity index (χ4v) is 6.71. The van der Waals surface area contributed by atoms with Gasteiger partial charge in [0.2, 0.25) is 5.91 Å². The van der Waals surface area contributed by atoms with Gasteiger partial charge in [0.05, 0.1) is 11.6 Å². The van der Waals surface area contributed by atoms with Crippen molar-refractivity contribution in [1.29, 1.82) is 0 Å². The maximum Gasteiger partial charge on any atom is 0.267 e. The molecule has 1 aromatic carbocycles. The van der Waals surface area contributed by atoms with E-state index in [2.05, 4.69) is 27.3 Å². The van der Waals surface area contributed by atoms with Crippen molar-refractivity contribution in [3.8, 4) is 0 Å². The first-order valence-electron chi connectivity index (χ1n) is 13.6. The van der Waals surface area contributed by atoms with Crippen molar-refractivity contribution in [2.45, 2.75) is 52.0 Å². The Kier molecular flexibility index (Phi) is 7.72. The molecule has 3 aliphatic rings. The number of aromatic nitrogens is 1. The Hall–Kier alpha value is -2.64. The standard InChI is InChI=1S/C29H37ClN4O3/c1-18-25(19(2)31-28(36)26(18)30)29(37)34-16-22-14-33(15-23(22)17-34)13-12-24(20-8-4-3-5-9-20)32-27(35)21-10-6-7-11-21/h3-5,8-9,21-24H,6-7,10-17H2,1-2H3,(H,31,36)(H,32,35)/t22-,23?,24?/m0/s1. The van der Waals surface area contributed by atoms with Crippen LogP contribution in [0.1, 0.15) is 65.3 Å².